The van der Waals surface area contributed by atoms with Crippen LogP contribution in [0.3, 0.4) is 0 Å². The lowest BCUT2D eigenvalue weighted by molar-refractivity contribution is -0.0968. The third kappa shape index (κ3) is 5.71. The van der Waals surface area contributed by atoms with Gasteiger partial charge < -0.3 is 10.1 Å². The number of rotatable bonds is 8. The van der Waals surface area contributed by atoms with Crippen LogP contribution in [-0.4, -0.2) is 24.8 Å². The molecule has 2 nitrogen and oxygen atoms in total. The van der Waals surface area contributed by atoms with E-state index in [4.69, 9.17) is 4.74 Å². The molecule has 0 heterocycles. The van der Waals surface area contributed by atoms with Crippen molar-refractivity contribution in [3.63, 3.8) is 0 Å². The Balaban J connectivity index is 2.53. The van der Waals surface area contributed by atoms with Gasteiger partial charge in [-0.25, -0.2) is 0 Å². The van der Waals surface area contributed by atoms with E-state index in [1.165, 1.54) is 57.8 Å². The van der Waals surface area contributed by atoms with Crippen LogP contribution in [-0.2, 0) is 4.74 Å². The second-order valence-corrected chi connectivity index (χ2v) is 5.99. The van der Waals surface area contributed by atoms with Gasteiger partial charge in [0.25, 0.3) is 0 Å². The summed E-state index contributed by atoms with van der Waals surface area (Å²) in [4.78, 5) is 0. The summed E-state index contributed by atoms with van der Waals surface area (Å²) in [6, 6.07) is 0. The minimum absolute atomic E-state index is 0.125. The summed E-state index contributed by atoms with van der Waals surface area (Å²) in [7, 11) is 0. The SMILES string of the molecule is CCCNCC1(OC(C)CCC)CCCCCC1. The molecule has 0 spiro atoms. The van der Waals surface area contributed by atoms with Crippen molar-refractivity contribution in [2.24, 2.45) is 0 Å². The van der Waals surface area contributed by atoms with Gasteiger partial charge in [-0.2, -0.15) is 0 Å². The van der Waals surface area contributed by atoms with E-state index in [-0.39, 0.29) is 5.60 Å². The number of hydrogen-bond acceptors (Lipinski definition) is 2. The molecule has 1 atom stereocenters. The van der Waals surface area contributed by atoms with Crippen LogP contribution < -0.4 is 5.32 Å². The standard InChI is InChI=1S/C16H33NO/c1-4-10-15(3)18-16(14-17-13-5-2)11-8-6-7-9-12-16/h15,17H,4-14H2,1-3H3. The Morgan fingerprint density at radius 2 is 1.72 bits per heavy atom. The maximum Gasteiger partial charge on any atom is 0.0809 e. The first-order valence-electron chi connectivity index (χ1n) is 8.11. The Hall–Kier alpha value is -0.0800. The van der Waals surface area contributed by atoms with E-state index in [1.807, 2.05) is 0 Å². The molecule has 0 radical (unpaired) electrons. The first-order chi connectivity index (χ1) is 8.72. The fraction of sp³-hybridized carbons (Fsp3) is 1.00. The van der Waals surface area contributed by atoms with Crippen molar-refractivity contribution in [1.82, 2.24) is 5.32 Å². The lowest BCUT2D eigenvalue weighted by atomic mass is 9.93. The molecule has 0 aliphatic heterocycles. The highest BCUT2D eigenvalue weighted by Crippen LogP contribution is 2.31. The zero-order valence-electron chi connectivity index (χ0n) is 12.8. The largest absolute Gasteiger partial charge is 0.371 e. The Kier molecular flexibility index (Phi) is 7.92. The minimum Gasteiger partial charge on any atom is -0.371 e. The number of ether oxygens (including phenoxy) is 1. The van der Waals surface area contributed by atoms with Crippen LogP contribution >= 0.6 is 0 Å². The summed E-state index contributed by atoms with van der Waals surface area (Å²) in [5.74, 6) is 0. The van der Waals surface area contributed by atoms with Crippen LogP contribution in [0.4, 0.5) is 0 Å². The number of hydrogen-bond donors (Lipinski definition) is 1. The highest BCUT2D eigenvalue weighted by molar-refractivity contribution is 4.86. The first kappa shape index (κ1) is 16.0. The van der Waals surface area contributed by atoms with Crippen molar-refractivity contribution in [2.45, 2.75) is 90.3 Å². The molecule has 0 aromatic rings. The highest BCUT2D eigenvalue weighted by Gasteiger charge is 2.32. The zero-order valence-corrected chi connectivity index (χ0v) is 12.8. The highest BCUT2D eigenvalue weighted by atomic mass is 16.5. The lowest BCUT2D eigenvalue weighted by Crippen LogP contribution is -2.45. The van der Waals surface area contributed by atoms with Gasteiger partial charge in [-0.15, -0.1) is 0 Å². The summed E-state index contributed by atoms with van der Waals surface area (Å²) in [5.41, 5.74) is 0.125. The average Bonchev–Trinajstić information content (AvgIpc) is 2.56. The van der Waals surface area contributed by atoms with Crippen LogP contribution in [0, 0.1) is 0 Å². The molecule has 1 saturated carbocycles. The van der Waals surface area contributed by atoms with E-state index < -0.39 is 0 Å². The molecule has 0 bridgehead atoms. The van der Waals surface area contributed by atoms with Crippen molar-refractivity contribution in [3.05, 3.63) is 0 Å². The van der Waals surface area contributed by atoms with E-state index in [9.17, 15) is 0 Å². The number of nitrogens with one attached hydrogen (secondary N) is 1. The Morgan fingerprint density at radius 3 is 2.28 bits per heavy atom. The van der Waals surface area contributed by atoms with Gasteiger partial charge in [-0.05, 0) is 39.2 Å². The molecule has 18 heavy (non-hydrogen) atoms. The molecule has 0 amide bonds. The van der Waals surface area contributed by atoms with E-state index in [0.717, 1.165) is 13.1 Å². The molecular weight excluding hydrogens is 222 g/mol. The van der Waals surface area contributed by atoms with E-state index >= 15 is 0 Å². The van der Waals surface area contributed by atoms with E-state index in [2.05, 4.69) is 26.1 Å². The zero-order chi connectivity index (χ0) is 13.3. The van der Waals surface area contributed by atoms with Gasteiger partial charge in [0.05, 0.1) is 11.7 Å². The van der Waals surface area contributed by atoms with Crippen LogP contribution in [0.2, 0.25) is 0 Å². The van der Waals surface area contributed by atoms with Crippen molar-refractivity contribution in [3.8, 4) is 0 Å². The third-order valence-corrected chi connectivity index (χ3v) is 4.04. The summed E-state index contributed by atoms with van der Waals surface area (Å²) in [6.07, 6.45) is 12.0. The average molecular weight is 255 g/mol. The topological polar surface area (TPSA) is 21.3 Å². The van der Waals surface area contributed by atoms with Crippen molar-refractivity contribution >= 4 is 0 Å². The van der Waals surface area contributed by atoms with Crippen molar-refractivity contribution < 1.29 is 4.74 Å². The Bertz CT molecular complexity index is 197. The molecule has 0 aromatic heterocycles. The Labute approximate surface area is 114 Å². The van der Waals surface area contributed by atoms with Gasteiger partial charge >= 0.3 is 0 Å². The van der Waals surface area contributed by atoms with E-state index in [0.29, 0.717) is 6.10 Å². The molecule has 0 aromatic carbocycles. The van der Waals surface area contributed by atoms with Crippen LogP contribution in [0.5, 0.6) is 0 Å². The maximum atomic E-state index is 6.48. The first-order valence-corrected chi connectivity index (χ1v) is 8.11. The van der Waals surface area contributed by atoms with Gasteiger partial charge in [-0.3, -0.25) is 0 Å². The molecule has 0 saturated heterocycles. The molecule has 108 valence electrons. The van der Waals surface area contributed by atoms with Gasteiger partial charge in [-0.1, -0.05) is 46.0 Å². The van der Waals surface area contributed by atoms with Crippen LogP contribution in [0.15, 0.2) is 0 Å². The predicted octanol–water partition coefficient (Wildman–Crippen LogP) is 4.28. The quantitative estimate of drug-likeness (QED) is 0.516. The molecule has 1 aliphatic carbocycles. The molecular formula is C16H33NO. The lowest BCUT2D eigenvalue weighted by Gasteiger charge is -2.36. The molecule has 1 rings (SSSR count). The molecule has 1 fully saturated rings. The summed E-state index contributed by atoms with van der Waals surface area (Å²) in [6.45, 7) is 8.89. The van der Waals surface area contributed by atoms with Gasteiger partial charge in [0.15, 0.2) is 0 Å². The summed E-state index contributed by atoms with van der Waals surface area (Å²) >= 11 is 0. The summed E-state index contributed by atoms with van der Waals surface area (Å²) in [5, 5.41) is 3.60. The smallest absolute Gasteiger partial charge is 0.0809 e. The normalized spacial score (nSPS) is 21.5. The molecule has 1 N–H and O–H groups in total. The minimum atomic E-state index is 0.125. The summed E-state index contributed by atoms with van der Waals surface area (Å²) < 4.78 is 6.48. The second kappa shape index (κ2) is 8.92. The van der Waals surface area contributed by atoms with Gasteiger partial charge in [0.1, 0.15) is 0 Å². The van der Waals surface area contributed by atoms with Crippen LogP contribution in [0.25, 0.3) is 0 Å². The molecule has 1 aliphatic rings. The van der Waals surface area contributed by atoms with Crippen molar-refractivity contribution in [2.75, 3.05) is 13.1 Å². The maximum absolute atomic E-state index is 6.48. The predicted molar refractivity (Wildman–Crippen MR) is 79.0 cm³/mol. The van der Waals surface area contributed by atoms with E-state index in [1.54, 1.807) is 0 Å². The van der Waals surface area contributed by atoms with Gasteiger partial charge in [0, 0.05) is 6.54 Å². The second-order valence-electron chi connectivity index (χ2n) is 5.99. The third-order valence-electron chi connectivity index (χ3n) is 4.04. The van der Waals surface area contributed by atoms with Crippen molar-refractivity contribution in [1.29, 1.82) is 0 Å². The van der Waals surface area contributed by atoms with Gasteiger partial charge in [0.2, 0.25) is 0 Å². The fourth-order valence-electron chi connectivity index (χ4n) is 3.09. The Morgan fingerprint density at radius 1 is 1.06 bits per heavy atom. The monoisotopic (exact) mass is 255 g/mol. The molecule has 2 heteroatoms. The molecule has 1 unspecified atom stereocenters. The fourth-order valence-corrected chi connectivity index (χ4v) is 3.09. The van der Waals surface area contributed by atoms with Crippen LogP contribution in [0.1, 0.15) is 78.6 Å².